The Morgan fingerprint density at radius 1 is 1.30 bits per heavy atom. The molecular formula is C17H22BrClS. The van der Waals surface area contributed by atoms with Gasteiger partial charge in [0.2, 0.25) is 0 Å². The maximum absolute atomic E-state index is 7.09. The molecule has 0 aliphatic heterocycles. The van der Waals surface area contributed by atoms with Gasteiger partial charge in [0.1, 0.15) is 0 Å². The van der Waals surface area contributed by atoms with Crippen LogP contribution in [-0.2, 0) is 0 Å². The molecule has 0 spiro atoms. The second kappa shape index (κ2) is 4.49. The minimum absolute atomic E-state index is 0.209. The summed E-state index contributed by atoms with van der Waals surface area (Å²) in [6.45, 7) is 4.71. The van der Waals surface area contributed by atoms with Crippen molar-refractivity contribution < 1.29 is 0 Å². The Hall–Kier alpha value is 0.470. The molecule has 4 saturated carbocycles. The SMILES string of the molecule is Cc1cc(Br)c(C(Cl)C23CC4CC(CC(C)(C4)C2)C3)s1. The predicted octanol–water partition coefficient (Wildman–Crippen LogP) is 6.71. The highest BCUT2D eigenvalue weighted by Gasteiger charge is 2.58. The lowest BCUT2D eigenvalue weighted by Crippen LogP contribution is -2.52. The largest absolute Gasteiger partial charge is 0.143 e. The molecule has 3 unspecified atom stereocenters. The summed E-state index contributed by atoms with van der Waals surface area (Å²) < 4.78 is 1.24. The van der Waals surface area contributed by atoms with Crippen LogP contribution in [-0.4, -0.2) is 0 Å². The van der Waals surface area contributed by atoms with Gasteiger partial charge in [-0.2, -0.15) is 0 Å². The van der Waals surface area contributed by atoms with Crippen LogP contribution < -0.4 is 0 Å². The number of aryl methyl sites for hydroxylation is 1. The van der Waals surface area contributed by atoms with Gasteiger partial charge >= 0.3 is 0 Å². The lowest BCUT2D eigenvalue weighted by molar-refractivity contribution is -0.103. The van der Waals surface area contributed by atoms with Crippen LogP contribution in [0.1, 0.15) is 60.6 Å². The number of rotatable bonds is 2. The third-order valence-electron chi connectivity index (χ3n) is 6.00. The Balaban J connectivity index is 1.72. The van der Waals surface area contributed by atoms with Gasteiger partial charge in [-0.1, -0.05) is 6.92 Å². The first kappa shape index (κ1) is 14.1. The third kappa shape index (κ3) is 2.05. The fraction of sp³-hybridized carbons (Fsp3) is 0.765. The topological polar surface area (TPSA) is 0 Å². The molecule has 4 aliphatic rings. The molecule has 3 atom stereocenters. The molecule has 0 aromatic carbocycles. The van der Waals surface area contributed by atoms with E-state index in [1.165, 1.54) is 52.8 Å². The molecule has 0 radical (unpaired) electrons. The Morgan fingerprint density at radius 3 is 2.45 bits per heavy atom. The van der Waals surface area contributed by atoms with Gasteiger partial charge in [-0.15, -0.1) is 22.9 Å². The van der Waals surface area contributed by atoms with E-state index >= 15 is 0 Å². The van der Waals surface area contributed by atoms with Crippen LogP contribution in [0.25, 0.3) is 0 Å². The van der Waals surface area contributed by atoms with E-state index in [-0.39, 0.29) is 5.38 Å². The number of thiophene rings is 1. The highest BCUT2D eigenvalue weighted by atomic mass is 79.9. The van der Waals surface area contributed by atoms with E-state index in [0.717, 1.165) is 11.8 Å². The molecule has 0 saturated heterocycles. The highest BCUT2D eigenvalue weighted by Crippen LogP contribution is 2.70. The standard InChI is InChI=1S/C17H22BrClS/c1-10-3-13(18)14(20-10)15(19)17-7-11-4-12(8-17)6-16(2,5-11)9-17/h3,11-12,15H,4-9H2,1-2H3. The molecule has 1 heterocycles. The lowest BCUT2D eigenvalue weighted by Gasteiger charge is -2.62. The van der Waals surface area contributed by atoms with Crippen molar-refractivity contribution >= 4 is 38.9 Å². The van der Waals surface area contributed by atoms with E-state index in [1.807, 2.05) is 11.3 Å². The van der Waals surface area contributed by atoms with Gasteiger partial charge in [0.05, 0.1) is 5.38 Å². The van der Waals surface area contributed by atoms with Crippen LogP contribution in [0, 0.1) is 29.6 Å². The fourth-order valence-electron chi connectivity index (χ4n) is 6.05. The van der Waals surface area contributed by atoms with Crippen molar-refractivity contribution in [3.05, 3.63) is 20.3 Å². The molecule has 4 aliphatic carbocycles. The Labute approximate surface area is 139 Å². The summed E-state index contributed by atoms with van der Waals surface area (Å²) in [6, 6.07) is 2.23. The molecule has 4 bridgehead atoms. The van der Waals surface area contributed by atoms with Crippen LogP contribution in [0.15, 0.2) is 10.5 Å². The first-order valence-electron chi connectivity index (χ1n) is 7.79. The van der Waals surface area contributed by atoms with Crippen molar-refractivity contribution in [3.63, 3.8) is 0 Å². The molecule has 1 aromatic heterocycles. The maximum atomic E-state index is 7.09. The van der Waals surface area contributed by atoms with Crippen LogP contribution in [0.3, 0.4) is 0 Å². The minimum atomic E-state index is 0.209. The van der Waals surface area contributed by atoms with E-state index in [9.17, 15) is 0 Å². The zero-order chi connectivity index (χ0) is 14.1. The van der Waals surface area contributed by atoms with Gasteiger partial charge in [-0.3, -0.25) is 0 Å². The predicted molar refractivity (Wildman–Crippen MR) is 90.6 cm³/mol. The smallest absolute Gasteiger partial charge is 0.0746 e. The lowest BCUT2D eigenvalue weighted by atomic mass is 9.44. The van der Waals surface area contributed by atoms with Gasteiger partial charge in [0.15, 0.2) is 0 Å². The molecule has 5 rings (SSSR count). The monoisotopic (exact) mass is 372 g/mol. The van der Waals surface area contributed by atoms with E-state index in [2.05, 4.69) is 35.8 Å². The van der Waals surface area contributed by atoms with Gasteiger partial charge in [-0.05, 0) is 90.1 Å². The molecule has 0 N–H and O–H groups in total. The quantitative estimate of drug-likeness (QED) is 0.506. The average molecular weight is 374 g/mol. The molecule has 3 heteroatoms. The average Bonchev–Trinajstić information content (AvgIpc) is 2.64. The van der Waals surface area contributed by atoms with Gasteiger partial charge in [0.25, 0.3) is 0 Å². The number of halogens is 2. The van der Waals surface area contributed by atoms with E-state index < -0.39 is 0 Å². The first-order chi connectivity index (χ1) is 9.39. The summed E-state index contributed by atoms with van der Waals surface area (Å²) in [5.41, 5.74) is 0.955. The van der Waals surface area contributed by atoms with Crippen LogP contribution in [0.4, 0.5) is 0 Å². The normalized spacial score (nSPS) is 44.0. The fourth-order valence-corrected chi connectivity index (χ4v) is 8.69. The first-order valence-corrected chi connectivity index (χ1v) is 9.84. The van der Waals surface area contributed by atoms with Crippen LogP contribution >= 0.6 is 38.9 Å². The summed E-state index contributed by atoms with van der Waals surface area (Å²) in [4.78, 5) is 2.75. The number of hydrogen-bond acceptors (Lipinski definition) is 1. The Bertz CT molecular complexity index is 535. The highest BCUT2D eigenvalue weighted by molar-refractivity contribution is 9.10. The maximum Gasteiger partial charge on any atom is 0.0746 e. The molecule has 0 nitrogen and oxygen atoms in total. The summed E-state index contributed by atoms with van der Waals surface area (Å²) in [6.07, 6.45) is 8.49. The molecule has 4 fully saturated rings. The Kier molecular flexibility index (Phi) is 3.16. The second-order valence-electron chi connectivity index (χ2n) is 8.07. The summed E-state index contributed by atoms with van der Waals surface area (Å²) in [5, 5.41) is 0.209. The zero-order valence-electron chi connectivity index (χ0n) is 12.2. The summed E-state index contributed by atoms with van der Waals surface area (Å²) >= 11 is 12.7. The molecule has 1 aromatic rings. The zero-order valence-corrected chi connectivity index (χ0v) is 15.4. The van der Waals surface area contributed by atoms with Gasteiger partial charge in [0, 0.05) is 14.2 Å². The van der Waals surface area contributed by atoms with E-state index in [1.54, 1.807) is 0 Å². The van der Waals surface area contributed by atoms with Crippen molar-refractivity contribution in [1.82, 2.24) is 0 Å². The van der Waals surface area contributed by atoms with Crippen molar-refractivity contribution in [2.45, 2.75) is 57.7 Å². The summed E-state index contributed by atoms with van der Waals surface area (Å²) in [5.74, 6) is 1.89. The summed E-state index contributed by atoms with van der Waals surface area (Å²) in [7, 11) is 0. The van der Waals surface area contributed by atoms with Gasteiger partial charge < -0.3 is 0 Å². The Morgan fingerprint density at radius 2 is 1.95 bits per heavy atom. The molecule has 20 heavy (non-hydrogen) atoms. The van der Waals surface area contributed by atoms with Gasteiger partial charge in [-0.25, -0.2) is 0 Å². The number of hydrogen-bond donors (Lipinski definition) is 0. The second-order valence-corrected chi connectivity index (χ2v) is 10.6. The van der Waals surface area contributed by atoms with Crippen LogP contribution in [0.2, 0.25) is 0 Å². The molecule has 0 amide bonds. The van der Waals surface area contributed by atoms with Crippen molar-refractivity contribution in [3.8, 4) is 0 Å². The van der Waals surface area contributed by atoms with E-state index in [0.29, 0.717) is 10.8 Å². The molecule has 110 valence electrons. The van der Waals surface area contributed by atoms with Crippen molar-refractivity contribution in [1.29, 1.82) is 0 Å². The number of alkyl halides is 1. The third-order valence-corrected chi connectivity index (χ3v) is 8.85. The minimum Gasteiger partial charge on any atom is -0.143 e. The van der Waals surface area contributed by atoms with Crippen LogP contribution in [0.5, 0.6) is 0 Å². The van der Waals surface area contributed by atoms with Crippen molar-refractivity contribution in [2.24, 2.45) is 22.7 Å². The van der Waals surface area contributed by atoms with E-state index in [4.69, 9.17) is 11.6 Å². The molecular weight excluding hydrogens is 352 g/mol. The van der Waals surface area contributed by atoms with Crippen molar-refractivity contribution in [2.75, 3.05) is 0 Å².